The zero-order valence-corrected chi connectivity index (χ0v) is 11.6. The second-order valence-electron chi connectivity index (χ2n) is 5.17. The van der Waals surface area contributed by atoms with Crippen molar-refractivity contribution in [3.8, 4) is 0 Å². The molecule has 1 aromatic carbocycles. The van der Waals surface area contributed by atoms with Crippen molar-refractivity contribution in [1.82, 2.24) is 10.6 Å². The standard InChI is InChI=1S/C14H19FN2O3/c1-14(2,9-18)17-13(20)8-16-12(19)7-10-4-3-5-11(15)6-10/h3-6,18H,7-9H2,1-2H3,(H,16,19)(H,17,20). The predicted octanol–water partition coefficient (Wildman–Crippen LogP) is 0.371. The number of aliphatic hydroxyl groups is 1. The van der Waals surface area contributed by atoms with E-state index in [1.807, 2.05) is 0 Å². The van der Waals surface area contributed by atoms with Crippen molar-refractivity contribution in [2.75, 3.05) is 13.2 Å². The van der Waals surface area contributed by atoms with Crippen LogP contribution < -0.4 is 10.6 Å². The van der Waals surface area contributed by atoms with Crippen molar-refractivity contribution in [1.29, 1.82) is 0 Å². The van der Waals surface area contributed by atoms with Gasteiger partial charge in [-0.05, 0) is 31.5 Å². The van der Waals surface area contributed by atoms with Gasteiger partial charge in [-0.25, -0.2) is 4.39 Å². The van der Waals surface area contributed by atoms with Crippen molar-refractivity contribution in [3.63, 3.8) is 0 Å². The quantitative estimate of drug-likeness (QED) is 0.705. The van der Waals surface area contributed by atoms with Gasteiger partial charge in [-0.1, -0.05) is 12.1 Å². The second-order valence-corrected chi connectivity index (χ2v) is 5.17. The summed E-state index contributed by atoms with van der Waals surface area (Å²) in [5.74, 6) is -1.16. The molecular formula is C14H19FN2O3. The number of carbonyl (C=O) groups is 2. The number of carbonyl (C=O) groups excluding carboxylic acids is 2. The Bertz CT molecular complexity index is 489. The van der Waals surface area contributed by atoms with Gasteiger partial charge in [0.1, 0.15) is 5.82 Å². The van der Waals surface area contributed by atoms with Crippen molar-refractivity contribution >= 4 is 11.8 Å². The number of nitrogens with one attached hydrogen (secondary N) is 2. The van der Waals surface area contributed by atoms with Gasteiger partial charge in [0, 0.05) is 0 Å². The van der Waals surface area contributed by atoms with E-state index in [-0.39, 0.29) is 25.5 Å². The highest BCUT2D eigenvalue weighted by molar-refractivity contribution is 5.86. The van der Waals surface area contributed by atoms with E-state index in [1.165, 1.54) is 18.2 Å². The molecule has 0 aliphatic rings. The first-order valence-electron chi connectivity index (χ1n) is 6.25. The highest BCUT2D eigenvalue weighted by Gasteiger charge is 2.19. The maximum Gasteiger partial charge on any atom is 0.239 e. The summed E-state index contributed by atoms with van der Waals surface area (Å²) in [7, 11) is 0. The molecule has 0 bridgehead atoms. The monoisotopic (exact) mass is 282 g/mol. The fraction of sp³-hybridized carbons (Fsp3) is 0.429. The van der Waals surface area contributed by atoms with E-state index in [2.05, 4.69) is 10.6 Å². The molecule has 0 atom stereocenters. The minimum Gasteiger partial charge on any atom is -0.394 e. The van der Waals surface area contributed by atoms with E-state index in [0.29, 0.717) is 5.56 Å². The summed E-state index contributed by atoms with van der Waals surface area (Å²) in [6.45, 7) is 2.95. The van der Waals surface area contributed by atoms with E-state index in [9.17, 15) is 14.0 Å². The molecule has 0 fully saturated rings. The van der Waals surface area contributed by atoms with Crippen LogP contribution >= 0.6 is 0 Å². The van der Waals surface area contributed by atoms with Gasteiger partial charge in [-0.3, -0.25) is 9.59 Å². The van der Waals surface area contributed by atoms with Crippen LogP contribution in [-0.2, 0) is 16.0 Å². The van der Waals surface area contributed by atoms with Crippen LogP contribution in [0.25, 0.3) is 0 Å². The summed E-state index contributed by atoms with van der Waals surface area (Å²) >= 11 is 0. The van der Waals surface area contributed by atoms with Gasteiger partial charge in [0.05, 0.1) is 25.1 Å². The zero-order valence-electron chi connectivity index (χ0n) is 11.6. The number of benzene rings is 1. The molecule has 110 valence electrons. The maximum absolute atomic E-state index is 12.9. The van der Waals surface area contributed by atoms with Crippen molar-refractivity contribution in [3.05, 3.63) is 35.6 Å². The molecule has 3 N–H and O–H groups in total. The third-order valence-corrected chi connectivity index (χ3v) is 2.57. The molecule has 0 saturated heterocycles. The predicted molar refractivity (Wildman–Crippen MR) is 72.4 cm³/mol. The Labute approximate surface area is 117 Å². The highest BCUT2D eigenvalue weighted by Crippen LogP contribution is 2.04. The molecule has 0 spiro atoms. The molecule has 0 radical (unpaired) electrons. The van der Waals surface area contributed by atoms with E-state index < -0.39 is 17.3 Å². The molecule has 6 heteroatoms. The van der Waals surface area contributed by atoms with Gasteiger partial charge >= 0.3 is 0 Å². The third kappa shape index (κ3) is 5.79. The molecule has 2 amide bonds. The SMILES string of the molecule is CC(C)(CO)NC(=O)CNC(=O)Cc1cccc(F)c1. The van der Waals surface area contributed by atoms with E-state index in [4.69, 9.17) is 5.11 Å². The van der Waals surface area contributed by atoms with Crippen molar-refractivity contribution in [2.45, 2.75) is 25.8 Å². The molecule has 0 saturated carbocycles. The molecule has 1 rings (SSSR count). The minimum atomic E-state index is -0.732. The number of halogens is 1. The Morgan fingerprint density at radius 1 is 1.30 bits per heavy atom. The highest BCUT2D eigenvalue weighted by atomic mass is 19.1. The van der Waals surface area contributed by atoms with Gasteiger partial charge in [0.25, 0.3) is 0 Å². The largest absolute Gasteiger partial charge is 0.394 e. The fourth-order valence-electron chi connectivity index (χ4n) is 1.53. The number of aliphatic hydroxyl groups excluding tert-OH is 1. The summed E-state index contributed by atoms with van der Waals surface area (Å²) in [6, 6.07) is 5.73. The number of amides is 2. The first-order valence-corrected chi connectivity index (χ1v) is 6.25. The average molecular weight is 282 g/mol. The Morgan fingerprint density at radius 3 is 2.60 bits per heavy atom. The van der Waals surface area contributed by atoms with Crippen LogP contribution in [0.5, 0.6) is 0 Å². The lowest BCUT2D eigenvalue weighted by atomic mass is 10.1. The Hall–Kier alpha value is -1.95. The van der Waals surface area contributed by atoms with Crippen LogP contribution in [-0.4, -0.2) is 35.6 Å². The van der Waals surface area contributed by atoms with Gasteiger partial charge in [0.2, 0.25) is 11.8 Å². The van der Waals surface area contributed by atoms with Crippen LogP contribution in [0.3, 0.4) is 0 Å². The second kappa shape index (κ2) is 7.00. The fourth-order valence-corrected chi connectivity index (χ4v) is 1.53. The number of hydrogen-bond acceptors (Lipinski definition) is 3. The lowest BCUT2D eigenvalue weighted by Crippen LogP contribution is -2.49. The average Bonchev–Trinajstić information content (AvgIpc) is 2.36. The minimum absolute atomic E-state index is 0.00837. The molecule has 20 heavy (non-hydrogen) atoms. The summed E-state index contributed by atoms with van der Waals surface area (Å²) < 4.78 is 12.9. The third-order valence-electron chi connectivity index (χ3n) is 2.57. The summed E-state index contributed by atoms with van der Waals surface area (Å²) in [5, 5.41) is 14.0. The van der Waals surface area contributed by atoms with Gasteiger partial charge in [-0.15, -0.1) is 0 Å². The topological polar surface area (TPSA) is 78.4 Å². The van der Waals surface area contributed by atoms with Crippen molar-refractivity contribution < 1.29 is 19.1 Å². The van der Waals surface area contributed by atoms with Gasteiger partial charge in [0.15, 0.2) is 0 Å². The Kier molecular flexibility index (Phi) is 5.64. The summed E-state index contributed by atoms with van der Waals surface area (Å²) in [4.78, 5) is 23.1. The van der Waals surface area contributed by atoms with Crippen LogP contribution in [0.1, 0.15) is 19.4 Å². The van der Waals surface area contributed by atoms with Crippen LogP contribution in [0.4, 0.5) is 4.39 Å². The normalized spacial score (nSPS) is 11.0. The molecule has 0 aliphatic heterocycles. The zero-order chi connectivity index (χ0) is 15.2. The lowest BCUT2D eigenvalue weighted by molar-refractivity contribution is -0.126. The molecule has 1 aromatic rings. The van der Waals surface area contributed by atoms with E-state index >= 15 is 0 Å². The molecule has 0 heterocycles. The smallest absolute Gasteiger partial charge is 0.239 e. The van der Waals surface area contributed by atoms with Crippen LogP contribution in [0.2, 0.25) is 0 Å². The van der Waals surface area contributed by atoms with E-state index in [0.717, 1.165) is 0 Å². The maximum atomic E-state index is 12.9. The molecular weight excluding hydrogens is 263 g/mol. The van der Waals surface area contributed by atoms with Crippen molar-refractivity contribution in [2.24, 2.45) is 0 Å². The molecule has 0 unspecified atom stereocenters. The van der Waals surface area contributed by atoms with Gasteiger partial charge < -0.3 is 15.7 Å². The molecule has 0 aliphatic carbocycles. The molecule has 5 nitrogen and oxygen atoms in total. The lowest BCUT2D eigenvalue weighted by Gasteiger charge is -2.23. The molecule has 0 aromatic heterocycles. The number of hydrogen-bond donors (Lipinski definition) is 3. The Morgan fingerprint density at radius 2 is 2.00 bits per heavy atom. The van der Waals surface area contributed by atoms with Crippen LogP contribution in [0, 0.1) is 5.82 Å². The van der Waals surface area contributed by atoms with E-state index in [1.54, 1.807) is 19.9 Å². The van der Waals surface area contributed by atoms with Crippen LogP contribution in [0.15, 0.2) is 24.3 Å². The first kappa shape index (κ1) is 16.1. The van der Waals surface area contributed by atoms with Gasteiger partial charge in [-0.2, -0.15) is 0 Å². The summed E-state index contributed by atoms with van der Waals surface area (Å²) in [6.07, 6.45) is 0.00837. The first-order chi connectivity index (χ1) is 9.32. The summed E-state index contributed by atoms with van der Waals surface area (Å²) in [5.41, 5.74) is -0.191. The number of rotatable bonds is 6. The Balaban J connectivity index is 2.38.